The van der Waals surface area contributed by atoms with Gasteiger partial charge in [-0.05, 0) is 72.6 Å². The molecule has 2 heterocycles. The molecule has 3 fully saturated rings. The van der Waals surface area contributed by atoms with Crippen molar-refractivity contribution < 1.29 is 14.3 Å². The van der Waals surface area contributed by atoms with Crippen LogP contribution in [0.25, 0.3) is 0 Å². The van der Waals surface area contributed by atoms with Gasteiger partial charge in [-0.3, -0.25) is 0 Å². The number of hydrogen-bond donors (Lipinski definition) is 2. The van der Waals surface area contributed by atoms with Crippen LogP contribution in [0.4, 0.5) is 4.79 Å². The van der Waals surface area contributed by atoms with Gasteiger partial charge in [-0.2, -0.15) is 0 Å². The highest BCUT2D eigenvalue weighted by Crippen LogP contribution is 2.39. The molecule has 0 radical (unpaired) electrons. The van der Waals surface area contributed by atoms with Gasteiger partial charge in [0.05, 0.1) is 18.2 Å². The van der Waals surface area contributed by atoms with Crippen molar-refractivity contribution in [2.75, 3.05) is 33.3 Å². The van der Waals surface area contributed by atoms with Crippen LogP contribution in [-0.2, 0) is 9.47 Å². The lowest BCUT2D eigenvalue weighted by molar-refractivity contribution is -0.0354. The Morgan fingerprint density at radius 1 is 1.21 bits per heavy atom. The minimum absolute atomic E-state index is 0.124. The largest absolute Gasteiger partial charge is 0.444 e. The van der Waals surface area contributed by atoms with Gasteiger partial charge in [0, 0.05) is 12.5 Å². The molecule has 3 rings (SSSR count). The van der Waals surface area contributed by atoms with E-state index in [1.165, 1.54) is 25.9 Å². The van der Waals surface area contributed by atoms with E-state index in [0.717, 1.165) is 25.5 Å². The van der Waals surface area contributed by atoms with Gasteiger partial charge in [-0.15, -0.1) is 0 Å². The number of nitrogens with zero attached hydrogens (tertiary/aromatic N) is 1. The molecule has 2 aliphatic heterocycles. The average Bonchev–Trinajstić information content (AvgIpc) is 2.90. The number of fused-ring (bicyclic) bond motifs is 1. The standard InChI is InChI=1S/C18H33N3O3/c1-18(2,3)24-17(22)20-14-13-7-10-23-16(13)15(14)19-11-12-5-8-21(4)9-6-12/h12-16,19H,5-11H2,1-4H3,(H,20,22). The zero-order valence-corrected chi connectivity index (χ0v) is 15.5. The molecule has 1 amide bonds. The van der Waals surface area contributed by atoms with Crippen molar-refractivity contribution >= 4 is 6.09 Å². The van der Waals surface area contributed by atoms with E-state index >= 15 is 0 Å². The van der Waals surface area contributed by atoms with Crippen molar-refractivity contribution in [3.05, 3.63) is 0 Å². The van der Waals surface area contributed by atoms with Crippen LogP contribution in [-0.4, -0.2) is 68.1 Å². The minimum atomic E-state index is -0.462. The van der Waals surface area contributed by atoms with Crippen LogP contribution in [0.5, 0.6) is 0 Å². The molecular formula is C18H33N3O3. The molecule has 6 nitrogen and oxygen atoms in total. The summed E-state index contributed by atoms with van der Waals surface area (Å²) < 4.78 is 11.3. The number of piperidine rings is 1. The van der Waals surface area contributed by atoms with Crippen molar-refractivity contribution in [3.63, 3.8) is 0 Å². The minimum Gasteiger partial charge on any atom is -0.444 e. The number of carbonyl (C=O) groups is 1. The second-order valence-corrected chi connectivity index (χ2v) is 8.64. The summed E-state index contributed by atoms with van der Waals surface area (Å²) in [7, 11) is 2.19. The van der Waals surface area contributed by atoms with Crippen LogP contribution in [0, 0.1) is 11.8 Å². The Hall–Kier alpha value is -0.850. The third-order valence-corrected chi connectivity index (χ3v) is 5.55. The van der Waals surface area contributed by atoms with E-state index in [1.807, 2.05) is 20.8 Å². The number of amides is 1. The third-order valence-electron chi connectivity index (χ3n) is 5.55. The highest BCUT2D eigenvalue weighted by molar-refractivity contribution is 5.68. The van der Waals surface area contributed by atoms with Crippen LogP contribution in [0.15, 0.2) is 0 Å². The van der Waals surface area contributed by atoms with Crippen molar-refractivity contribution in [2.24, 2.45) is 11.8 Å². The highest BCUT2D eigenvalue weighted by atomic mass is 16.6. The Kier molecular flexibility index (Phi) is 5.37. The summed E-state index contributed by atoms with van der Waals surface area (Å²) in [5, 5.41) is 6.76. The molecule has 3 aliphatic rings. The second kappa shape index (κ2) is 7.18. The molecule has 0 aromatic carbocycles. The number of hydrogen-bond acceptors (Lipinski definition) is 5. The fraction of sp³-hybridized carbons (Fsp3) is 0.944. The summed E-state index contributed by atoms with van der Waals surface area (Å²) in [5.74, 6) is 1.15. The first-order chi connectivity index (χ1) is 11.3. The first kappa shape index (κ1) is 18.0. The number of likely N-dealkylation sites (tertiary alicyclic amines) is 1. The Balaban J connectivity index is 1.50. The molecule has 2 N–H and O–H groups in total. The van der Waals surface area contributed by atoms with Crippen molar-refractivity contribution in [1.29, 1.82) is 0 Å². The molecule has 4 unspecified atom stereocenters. The summed E-state index contributed by atoms with van der Waals surface area (Å²) in [6, 6.07) is 0.336. The van der Waals surface area contributed by atoms with Gasteiger partial charge in [0.1, 0.15) is 5.60 Å². The number of nitrogens with one attached hydrogen (secondary N) is 2. The van der Waals surface area contributed by atoms with E-state index in [1.54, 1.807) is 0 Å². The van der Waals surface area contributed by atoms with Crippen molar-refractivity contribution in [1.82, 2.24) is 15.5 Å². The molecule has 1 saturated carbocycles. The van der Waals surface area contributed by atoms with E-state index in [9.17, 15) is 4.79 Å². The number of carbonyl (C=O) groups excluding carboxylic acids is 1. The summed E-state index contributed by atoms with van der Waals surface area (Å²) in [6.45, 7) is 9.85. The Labute approximate surface area is 145 Å². The lowest BCUT2D eigenvalue weighted by Gasteiger charge is -2.48. The maximum atomic E-state index is 12.1. The SMILES string of the molecule is CN1CCC(CNC2C(NC(=O)OC(C)(C)C)C3CCOC32)CC1. The smallest absolute Gasteiger partial charge is 0.407 e. The first-order valence-corrected chi connectivity index (χ1v) is 9.36. The van der Waals surface area contributed by atoms with E-state index in [4.69, 9.17) is 9.47 Å². The number of rotatable bonds is 4. The van der Waals surface area contributed by atoms with E-state index in [-0.39, 0.29) is 24.3 Å². The fourth-order valence-electron chi connectivity index (χ4n) is 4.16. The van der Waals surface area contributed by atoms with E-state index in [2.05, 4.69) is 22.6 Å². The Morgan fingerprint density at radius 3 is 2.58 bits per heavy atom. The normalized spacial score (nSPS) is 34.5. The molecule has 1 aliphatic carbocycles. The van der Waals surface area contributed by atoms with Crippen molar-refractivity contribution in [2.45, 2.75) is 63.8 Å². The maximum absolute atomic E-state index is 12.1. The van der Waals surface area contributed by atoms with Crippen LogP contribution in [0.3, 0.4) is 0 Å². The van der Waals surface area contributed by atoms with Crippen LogP contribution < -0.4 is 10.6 Å². The first-order valence-electron chi connectivity index (χ1n) is 9.36. The highest BCUT2D eigenvalue weighted by Gasteiger charge is 2.54. The van der Waals surface area contributed by atoms with Crippen LogP contribution in [0.1, 0.15) is 40.0 Å². The zero-order valence-electron chi connectivity index (χ0n) is 15.5. The summed E-state index contributed by atoms with van der Waals surface area (Å²) in [6.07, 6.45) is 3.45. The molecule has 24 heavy (non-hydrogen) atoms. The number of ether oxygens (including phenoxy) is 2. The molecule has 0 bridgehead atoms. The Morgan fingerprint density at radius 2 is 1.92 bits per heavy atom. The monoisotopic (exact) mass is 339 g/mol. The zero-order chi connectivity index (χ0) is 17.3. The molecule has 138 valence electrons. The predicted octanol–water partition coefficient (Wildman–Crippen LogP) is 1.60. The van der Waals surface area contributed by atoms with Crippen LogP contribution >= 0.6 is 0 Å². The van der Waals surface area contributed by atoms with Gasteiger partial charge in [-0.1, -0.05) is 0 Å². The van der Waals surface area contributed by atoms with Gasteiger partial charge in [0.15, 0.2) is 0 Å². The van der Waals surface area contributed by atoms with Gasteiger partial charge in [-0.25, -0.2) is 4.79 Å². The van der Waals surface area contributed by atoms with Gasteiger partial charge in [0.2, 0.25) is 0 Å². The van der Waals surface area contributed by atoms with E-state index in [0.29, 0.717) is 5.92 Å². The van der Waals surface area contributed by atoms with Gasteiger partial charge in [0.25, 0.3) is 0 Å². The number of alkyl carbamates (subject to hydrolysis) is 1. The molecule has 2 saturated heterocycles. The van der Waals surface area contributed by atoms with Gasteiger partial charge < -0.3 is 25.0 Å². The summed E-state index contributed by atoms with van der Waals surface area (Å²) >= 11 is 0. The topological polar surface area (TPSA) is 62.8 Å². The van der Waals surface area contributed by atoms with Crippen molar-refractivity contribution in [3.8, 4) is 0 Å². The fourth-order valence-corrected chi connectivity index (χ4v) is 4.16. The summed E-state index contributed by atoms with van der Waals surface area (Å²) in [4.78, 5) is 14.5. The lowest BCUT2D eigenvalue weighted by Crippen LogP contribution is -2.70. The Bertz CT molecular complexity index is 443. The van der Waals surface area contributed by atoms with Crippen LogP contribution in [0.2, 0.25) is 0 Å². The molecule has 0 aromatic heterocycles. The summed E-state index contributed by atoms with van der Waals surface area (Å²) in [5.41, 5.74) is -0.462. The quantitative estimate of drug-likeness (QED) is 0.815. The predicted molar refractivity (Wildman–Crippen MR) is 93.0 cm³/mol. The molecule has 4 atom stereocenters. The molecule has 6 heteroatoms. The van der Waals surface area contributed by atoms with Gasteiger partial charge >= 0.3 is 6.09 Å². The lowest BCUT2D eigenvalue weighted by atomic mass is 9.71. The molecule has 0 aromatic rings. The second-order valence-electron chi connectivity index (χ2n) is 8.64. The molecular weight excluding hydrogens is 306 g/mol. The average molecular weight is 339 g/mol. The third kappa shape index (κ3) is 4.21. The maximum Gasteiger partial charge on any atom is 0.407 e. The van der Waals surface area contributed by atoms with E-state index < -0.39 is 5.60 Å². The molecule has 0 spiro atoms.